The van der Waals surface area contributed by atoms with Crippen LogP contribution in [-0.2, 0) is 27.9 Å². The molecule has 2 heterocycles. The van der Waals surface area contributed by atoms with E-state index >= 15 is 0 Å². The molecule has 3 rings (SSSR count). The van der Waals surface area contributed by atoms with Crippen molar-refractivity contribution in [3.8, 4) is 0 Å². The summed E-state index contributed by atoms with van der Waals surface area (Å²) < 4.78 is 25.1. The number of amides is 1. The van der Waals surface area contributed by atoms with Gasteiger partial charge in [0.1, 0.15) is 0 Å². The maximum atomic E-state index is 12.2. The number of aryl methyl sites for hydroxylation is 1. The Morgan fingerprint density at radius 2 is 2.11 bits per heavy atom. The number of imidazole rings is 1. The van der Waals surface area contributed by atoms with Crippen molar-refractivity contribution in [2.45, 2.75) is 36.5 Å². The van der Waals surface area contributed by atoms with Gasteiger partial charge in [0.2, 0.25) is 15.9 Å². The van der Waals surface area contributed by atoms with Crippen LogP contribution in [0.3, 0.4) is 0 Å². The van der Waals surface area contributed by atoms with Crippen molar-refractivity contribution < 1.29 is 13.2 Å². The van der Waals surface area contributed by atoms with E-state index in [2.05, 4.69) is 15.3 Å². The molecule has 0 bridgehead atoms. The molecule has 2 aromatic heterocycles. The van der Waals surface area contributed by atoms with Crippen molar-refractivity contribution in [1.29, 1.82) is 0 Å². The molecule has 0 unspecified atom stereocenters. The van der Waals surface area contributed by atoms with Crippen LogP contribution >= 0.6 is 11.8 Å². The number of hydrogen-bond donors (Lipinski definition) is 2. The summed E-state index contributed by atoms with van der Waals surface area (Å²) in [6.45, 7) is 3.12. The SMILES string of the molecule is CCCn1c(SCC(=O)NCc2ccccn2)nc2cc(S(N)(=O)=O)ccc21. The smallest absolute Gasteiger partial charge is 0.238 e. The molecule has 0 spiro atoms. The predicted molar refractivity (Wildman–Crippen MR) is 108 cm³/mol. The average molecular weight is 420 g/mol. The van der Waals surface area contributed by atoms with Gasteiger partial charge in [-0.2, -0.15) is 0 Å². The van der Waals surface area contributed by atoms with Gasteiger partial charge >= 0.3 is 0 Å². The molecule has 0 aliphatic heterocycles. The predicted octanol–water partition coefficient (Wildman–Crippen LogP) is 1.90. The topological polar surface area (TPSA) is 120 Å². The molecule has 0 atom stereocenters. The quantitative estimate of drug-likeness (QED) is 0.538. The summed E-state index contributed by atoms with van der Waals surface area (Å²) in [5.74, 6) is 0.0676. The number of hydrogen-bond acceptors (Lipinski definition) is 6. The minimum atomic E-state index is -3.80. The van der Waals surface area contributed by atoms with Gasteiger partial charge in [-0.05, 0) is 36.8 Å². The number of carbonyl (C=O) groups is 1. The summed E-state index contributed by atoms with van der Waals surface area (Å²) in [7, 11) is -3.80. The number of nitrogens with one attached hydrogen (secondary N) is 1. The number of nitrogens with zero attached hydrogens (tertiary/aromatic N) is 3. The third-order valence-electron chi connectivity index (χ3n) is 3.99. The van der Waals surface area contributed by atoms with Crippen LogP contribution in [0.5, 0.6) is 0 Å². The molecule has 0 aliphatic rings. The first-order chi connectivity index (χ1) is 13.4. The van der Waals surface area contributed by atoms with Gasteiger partial charge < -0.3 is 9.88 Å². The lowest BCUT2D eigenvalue weighted by atomic mass is 10.3. The molecule has 8 nitrogen and oxygen atoms in total. The number of carbonyl (C=O) groups excluding carboxylic acids is 1. The molecule has 148 valence electrons. The molecular weight excluding hydrogens is 398 g/mol. The standard InChI is InChI=1S/C18H21N5O3S2/c1-2-9-23-16-7-6-14(28(19,25)26)10-15(16)22-18(23)27-12-17(24)21-11-13-5-3-4-8-20-13/h3-8,10H,2,9,11-12H2,1H3,(H,21,24)(H2,19,25,26). The zero-order valence-electron chi connectivity index (χ0n) is 15.3. The Bertz CT molecular complexity index is 1080. The molecule has 0 saturated carbocycles. The number of pyridine rings is 1. The summed E-state index contributed by atoms with van der Waals surface area (Å²) in [6.07, 6.45) is 2.56. The number of rotatable bonds is 8. The molecule has 28 heavy (non-hydrogen) atoms. The van der Waals surface area contributed by atoms with E-state index in [9.17, 15) is 13.2 Å². The molecule has 1 amide bonds. The van der Waals surface area contributed by atoms with E-state index in [0.29, 0.717) is 23.8 Å². The molecular formula is C18H21N5O3S2. The largest absolute Gasteiger partial charge is 0.350 e. The summed E-state index contributed by atoms with van der Waals surface area (Å²) in [6, 6.07) is 10.2. The number of thioether (sulfide) groups is 1. The highest BCUT2D eigenvalue weighted by Gasteiger charge is 2.16. The van der Waals surface area contributed by atoms with Crippen LogP contribution in [0, 0.1) is 0 Å². The number of nitrogens with two attached hydrogens (primary N) is 1. The fourth-order valence-corrected chi connectivity index (χ4v) is 4.09. The van der Waals surface area contributed by atoms with E-state index in [1.807, 2.05) is 29.7 Å². The van der Waals surface area contributed by atoms with Crippen LogP contribution in [0.25, 0.3) is 11.0 Å². The second-order valence-electron chi connectivity index (χ2n) is 6.13. The lowest BCUT2D eigenvalue weighted by Gasteiger charge is -2.08. The second kappa shape index (κ2) is 8.72. The van der Waals surface area contributed by atoms with Crippen molar-refractivity contribution in [1.82, 2.24) is 19.9 Å². The monoisotopic (exact) mass is 419 g/mol. The highest BCUT2D eigenvalue weighted by Crippen LogP contribution is 2.26. The van der Waals surface area contributed by atoms with Crippen molar-refractivity contribution in [3.05, 3.63) is 48.3 Å². The van der Waals surface area contributed by atoms with Crippen LogP contribution in [0.4, 0.5) is 0 Å². The lowest BCUT2D eigenvalue weighted by Crippen LogP contribution is -2.25. The fraction of sp³-hybridized carbons (Fsp3) is 0.278. The van der Waals surface area contributed by atoms with Crippen LogP contribution in [0.2, 0.25) is 0 Å². The molecule has 3 N–H and O–H groups in total. The van der Waals surface area contributed by atoms with Gasteiger partial charge in [-0.25, -0.2) is 18.5 Å². The third kappa shape index (κ3) is 4.89. The number of aromatic nitrogens is 3. The first-order valence-electron chi connectivity index (χ1n) is 8.71. The molecule has 0 radical (unpaired) electrons. The minimum Gasteiger partial charge on any atom is -0.350 e. The van der Waals surface area contributed by atoms with E-state index < -0.39 is 10.0 Å². The fourth-order valence-electron chi connectivity index (χ4n) is 2.69. The molecule has 10 heteroatoms. The Morgan fingerprint density at radius 1 is 1.29 bits per heavy atom. The highest BCUT2D eigenvalue weighted by atomic mass is 32.2. The van der Waals surface area contributed by atoms with Crippen LogP contribution in [0.1, 0.15) is 19.0 Å². The van der Waals surface area contributed by atoms with E-state index in [0.717, 1.165) is 17.6 Å². The van der Waals surface area contributed by atoms with E-state index in [-0.39, 0.29) is 16.6 Å². The number of fused-ring (bicyclic) bond motifs is 1. The molecule has 0 aliphatic carbocycles. The Morgan fingerprint density at radius 3 is 2.79 bits per heavy atom. The van der Waals surface area contributed by atoms with Crippen LogP contribution in [-0.4, -0.2) is 34.6 Å². The average Bonchev–Trinajstić information content (AvgIpc) is 3.02. The number of benzene rings is 1. The first kappa shape index (κ1) is 20.3. The number of primary sulfonamides is 1. The van der Waals surface area contributed by atoms with Crippen molar-refractivity contribution in [2.75, 3.05) is 5.75 Å². The minimum absolute atomic E-state index is 0.0193. The van der Waals surface area contributed by atoms with Gasteiger partial charge in [0.25, 0.3) is 0 Å². The van der Waals surface area contributed by atoms with E-state index in [1.165, 1.54) is 23.9 Å². The molecule has 1 aromatic carbocycles. The Labute approximate surface area is 167 Å². The zero-order valence-corrected chi connectivity index (χ0v) is 17.0. The molecule has 0 saturated heterocycles. The summed E-state index contributed by atoms with van der Waals surface area (Å²) in [4.78, 5) is 20.9. The lowest BCUT2D eigenvalue weighted by molar-refractivity contribution is -0.118. The Kier molecular flexibility index (Phi) is 6.32. The van der Waals surface area contributed by atoms with Crippen LogP contribution in [0.15, 0.2) is 52.6 Å². The third-order valence-corrected chi connectivity index (χ3v) is 5.87. The van der Waals surface area contributed by atoms with Gasteiger partial charge in [-0.1, -0.05) is 24.8 Å². The summed E-state index contributed by atoms with van der Waals surface area (Å²) in [5, 5.41) is 8.70. The maximum absolute atomic E-state index is 12.2. The molecule has 3 aromatic rings. The van der Waals surface area contributed by atoms with Crippen molar-refractivity contribution in [3.63, 3.8) is 0 Å². The van der Waals surface area contributed by atoms with E-state index in [4.69, 9.17) is 5.14 Å². The summed E-state index contributed by atoms with van der Waals surface area (Å²) in [5.41, 5.74) is 2.14. The summed E-state index contributed by atoms with van der Waals surface area (Å²) >= 11 is 1.31. The van der Waals surface area contributed by atoms with Crippen molar-refractivity contribution in [2.24, 2.45) is 5.14 Å². The van der Waals surface area contributed by atoms with Gasteiger partial charge in [0.05, 0.1) is 33.9 Å². The Hall–Kier alpha value is -2.43. The number of sulfonamides is 1. The van der Waals surface area contributed by atoms with Gasteiger partial charge in [0.15, 0.2) is 5.16 Å². The van der Waals surface area contributed by atoms with Crippen molar-refractivity contribution >= 4 is 38.7 Å². The Balaban J connectivity index is 1.74. The second-order valence-corrected chi connectivity index (χ2v) is 8.63. The van der Waals surface area contributed by atoms with Crippen LogP contribution < -0.4 is 10.5 Å². The van der Waals surface area contributed by atoms with E-state index in [1.54, 1.807) is 12.3 Å². The van der Waals surface area contributed by atoms with Gasteiger partial charge in [0, 0.05) is 12.7 Å². The molecule has 0 fully saturated rings. The zero-order chi connectivity index (χ0) is 20.1. The normalized spacial score (nSPS) is 11.6. The first-order valence-corrected chi connectivity index (χ1v) is 11.2. The van der Waals surface area contributed by atoms with Gasteiger partial charge in [-0.15, -0.1) is 0 Å². The maximum Gasteiger partial charge on any atom is 0.238 e. The van der Waals surface area contributed by atoms with Gasteiger partial charge in [-0.3, -0.25) is 9.78 Å². The highest BCUT2D eigenvalue weighted by molar-refractivity contribution is 7.99.